The Morgan fingerprint density at radius 3 is 1.97 bits per heavy atom. The number of aromatic amines is 2. The van der Waals surface area contributed by atoms with Gasteiger partial charge in [0.15, 0.2) is 0 Å². The summed E-state index contributed by atoms with van der Waals surface area (Å²) in [6, 6.07) is 7.97. The Balaban J connectivity index is 1.10. The number of carbonyl (C=O) groups is 4. The number of aromatic nitrogens is 4. The highest BCUT2D eigenvalue weighted by molar-refractivity contribution is 7.99. The lowest BCUT2D eigenvalue weighted by Crippen LogP contribution is -2.54. The van der Waals surface area contributed by atoms with Crippen LogP contribution in [-0.4, -0.2) is 125 Å². The van der Waals surface area contributed by atoms with Crippen molar-refractivity contribution in [3.05, 3.63) is 70.7 Å². The number of likely N-dealkylation sites (tertiary alicyclic amines) is 1. The predicted molar refractivity (Wildman–Crippen MR) is 217 cm³/mol. The molecule has 0 saturated carbocycles. The second kappa shape index (κ2) is 17.5. The van der Waals surface area contributed by atoms with Crippen LogP contribution in [0.3, 0.4) is 0 Å². The van der Waals surface area contributed by atoms with Crippen molar-refractivity contribution in [1.29, 1.82) is 0 Å². The topological polar surface area (TPSA) is 223 Å². The molecular weight excluding hydrogens is 785 g/mol. The lowest BCUT2D eigenvalue weighted by atomic mass is 10.1. The number of fused-ring (bicyclic) bond motifs is 2. The van der Waals surface area contributed by atoms with E-state index in [0.29, 0.717) is 75.1 Å². The molecule has 0 radical (unpaired) electrons. The molecule has 2 saturated heterocycles. The third-order valence-electron chi connectivity index (χ3n) is 10.9. The van der Waals surface area contributed by atoms with Crippen molar-refractivity contribution >= 4 is 57.7 Å². The standard InChI is InChI=1S/C40H46N8O10S/c1-20(54-3)32(45-39(52)56-5)37(50)47-13-7-8-28(47)35-41-17-27(43-35)23-9-11-24-31(15-23)58-30-12-10-22(14-25(30)34(24)49)26-16-42-36(44-26)29-18-59-19-48(29)38(51)33(21(2)55-4)46-40(53)57-6/h9-12,14-17,20-21,28-29,32-33H,7-8,13,18-19H2,1-6H3,(H,41,43)(H,42,44)(H,45,52)(H,46,53)/t20-,21-,28+,29+,32+,33+/m1/s1. The first kappa shape index (κ1) is 41.2. The van der Waals surface area contributed by atoms with Gasteiger partial charge in [0.25, 0.3) is 0 Å². The number of rotatable bonds is 12. The predicted octanol–water partition coefficient (Wildman–Crippen LogP) is 4.48. The molecule has 5 heterocycles. The molecule has 7 rings (SSSR count). The smallest absolute Gasteiger partial charge is 0.407 e. The first-order valence-electron chi connectivity index (χ1n) is 19.0. The van der Waals surface area contributed by atoms with Crippen LogP contribution in [0.1, 0.15) is 50.4 Å². The fourth-order valence-corrected chi connectivity index (χ4v) is 8.63. The molecule has 2 aliphatic heterocycles. The Bertz CT molecular complexity index is 2430. The number of hydrogen-bond donors (Lipinski definition) is 4. The SMILES string of the molecule is COC(=O)N[C@H](C(=O)N1CCC[C@H]1c1ncc(-c2ccc3c(=O)c4cc(-c5cnc([C@@H]6CSCN6C(=O)[C@@H](NC(=O)OC)[C@@H](C)OC)[nH]5)ccc4oc3c2)[nH]1)[C@@H](C)OC. The molecule has 0 bridgehead atoms. The summed E-state index contributed by atoms with van der Waals surface area (Å²) in [5, 5.41) is 5.96. The first-order chi connectivity index (χ1) is 28.5. The molecule has 0 unspecified atom stereocenters. The second-order valence-corrected chi connectivity index (χ2v) is 15.3. The Morgan fingerprint density at radius 2 is 1.36 bits per heavy atom. The van der Waals surface area contributed by atoms with Crippen LogP contribution in [0.15, 0.2) is 58.0 Å². The zero-order valence-corrected chi connectivity index (χ0v) is 34.2. The number of amides is 4. The van der Waals surface area contributed by atoms with Gasteiger partial charge in [-0.15, -0.1) is 11.8 Å². The molecule has 0 spiro atoms. The molecule has 4 amide bonds. The molecule has 59 heavy (non-hydrogen) atoms. The highest BCUT2D eigenvalue weighted by atomic mass is 32.2. The van der Waals surface area contributed by atoms with Crippen molar-refractivity contribution in [1.82, 2.24) is 40.4 Å². The molecule has 2 aliphatic rings. The number of H-pyrrole nitrogens is 2. The van der Waals surface area contributed by atoms with Gasteiger partial charge in [-0.05, 0) is 57.0 Å². The minimum atomic E-state index is -0.964. The van der Waals surface area contributed by atoms with Crippen LogP contribution >= 0.6 is 11.8 Å². The van der Waals surface area contributed by atoms with E-state index in [-0.39, 0.29) is 23.3 Å². The number of alkyl carbamates (subject to hydrolysis) is 2. The van der Waals surface area contributed by atoms with E-state index in [4.69, 9.17) is 23.4 Å². The van der Waals surface area contributed by atoms with E-state index in [0.717, 1.165) is 12.0 Å². The Kier molecular flexibility index (Phi) is 12.2. The highest BCUT2D eigenvalue weighted by Gasteiger charge is 2.40. The number of methoxy groups -OCH3 is 4. The third-order valence-corrected chi connectivity index (χ3v) is 12.0. The normalized spacial score (nSPS) is 18.7. The van der Waals surface area contributed by atoms with Crippen LogP contribution in [0.2, 0.25) is 0 Å². The maximum atomic E-state index is 13.9. The van der Waals surface area contributed by atoms with E-state index in [1.807, 2.05) is 12.1 Å². The van der Waals surface area contributed by atoms with Crippen molar-refractivity contribution in [2.45, 2.75) is 63.1 Å². The number of hydrogen-bond acceptors (Lipinski definition) is 13. The monoisotopic (exact) mass is 830 g/mol. The first-order valence-corrected chi connectivity index (χ1v) is 20.2. The summed E-state index contributed by atoms with van der Waals surface area (Å²) in [5.41, 5.74) is 3.34. The lowest BCUT2D eigenvalue weighted by Gasteiger charge is -2.30. The van der Waals surface area contributed by atoms with Gasteiger partial charge in [-0.25, -0.2) is 19.6 Å². The molecule has 3 aromatic heterocycles. The number of thioether (sulfide) groups is 1. The van der Waals surface area contributed by atoms with Gasteiger partial charge in [-0.2, -0.15) is 0 Å². The van der Waals surface area contributed by atoms with E-state index in [9.17, 15) is 24.0 Å². The number of imidazole rings is 2. The lowest BCUT2D eigenvalue weighted by molar-refractivity contribution is -0.138. The maximum Gasteiger partial charge on any atom is 0.407 e. The number of nitrogens with zero attached hydrogens (tertiary/aromatic N) is 4. The molecule has 5 aromatic rings. The number of benzene rings is 2. The molecule has 312 valence electrons. The molecule has 2 fully saturated rings. The van der Waals surface area contributed by atoms with Crippen LogP contribution < -0.4 is 16.1 Å². The van der Waals surface area contributed by atoms with Crippen molar-refractivity contribution in [3.8, 4) is 22.5 Å². The molecule has 6 atom stereocenters. The van der Waals surface area contributed by atoms with Crippen molar-refractivity contribution in [2.75, 3.05) is 46.6 Å². The minimum Gasteiger partial charge on any atom is -0.456 e. The molecular formula is C40H46N8O10S. The zero-order chi connectivity index (χ0) is 42.0. The van der Waals surface area contributed by atoms with Crippen LogP contribution in [0, 0.1) is 0 Å². The summed E-state index contributed by atoms with van der Waals surface area (Å²) < 4.78 is 26.5. The van der Waals surface area contributed by atoms with E-state index in [1.54, 1.807) is 72.1 Å². The van der Waals surface area contributed by atoms with Crippen molar-refractivity contribution < 1.29 is 42.5 Å². The molecule has 2 aromatic carbocycles. The minimum absolute atomic E-state index is 0.208. The molecule has 4 N–H and O–H groups in total. The fraction of sp³-hybridized carbons (Fsp3) is 0.425. The van der Waals surface area contributed by atoms with Crippen molar-refractivity contribution in [3.63, 3.8) is 0 Å². The zero-order valence-electron chi connectivity index (χ0n) is 33.4. The summed E-state index contributed by atoms with van der Waals surface area (Å²) in [5.74, 6) is 1.51. The summed E-state index contributed by atoms with van der Waals surface area (Å²) in [6.45, 7) is 3.88. The summed E-state index contributed by atoms with van der Waals surface area (Å²) in [6.07, 6.45) is 2.10. The van der Waals surface area contributed by atoms with Crippen molar-refractivity contribution in [2.24, 2.45) is 0 Å². The number of carbonyl (C=O) groups excluding carboxylic acids is 4. The largest absolute Gasteiger partial charge is 0.456 e. The maximum absolute atomic E-state index is 13.9. The van der Waals surface area contributed by atoms with Gasteiger partial charge < -0.3 is 53.8 Å². The van der Waals surface area contributed by atoms with E-state index in [2.05, 4.69) is 30.6 Å². The van der Waals surface area contributed by atoms with Crippen LogP contribution in [0.5, 0.6) is 0 Å². The van der Waals surface area contributed by atoms with E-state index >= 15 is 0 Å². The fourth-order valence-electron chi connectivity index (χ4n) is 7.46. The summed E-state index contributed by atoms with van der Waals surface area (Å²) in [7, 11) is 5.40. The van der Waals surface area contributed by atoms with Crippen LogP contribution in [-0.2, 0) is 28.5 Å². The average Bonchev–Trinajstić information content (AvgIpc) is 4.10. The Hall–Kier alpha value is -5.92. The third kappa shape index (κ3) is 8.22. The van der Waals surface area contributed by atoms with Crippen LogP contribution in [0.4, 0.5) is 9.59 Å². The highest BCUT2D eigenvalue weighted by Crippen LogP contribution is 2.36. The van der Waals surface area contributed by atoms with Gasteiger partial charge in [-0.3, -0.25) is 14.4 Å². The second-order valence-electron chi connectivity index (χ2n) is 14.3. The quantitative estimate of drug-likeness (QED) is 0.128. The Morgan fingerprint density at radius 1 is 0.780 bits per heavy atom. The summed E-state index contributed by atoms with van der Waals surface area (Å²) >= 11 is 1.56. The van der Waals surface area contributed by atoms with Crippen LogP contribution in [0.25, 0.3) is 44.5 Å². The Labute approximate surface area is 342 Å². The number of nitrogens with one attached hydrogen (secondary N) is 4. The number of ether oxygens (including phenoxy) is 4. The molecule has 18 nitrogen and oxygen atoms in total. The van der Waals surface area contributed by atoms with Gasteiger partial charge in [0.05, 0.1) is 78.9 Å². The van der Waals surface area contributed by atoms with E-state index in [1.165, 1.54) is 28.4 Å². The van der Waals surface area contributed by atoms with E-state index < -0.39 is 42.5 Å². The molecule has 0 aliphatic carbocycles. The van der Waals surface area contributed by atoms with Gasteiger partial charge in [-0.1, -0.05) is 6.07 Å². The average molecular weight is 831 g/mol. The van der Waals surface area contributed by atoms with Gasteiger partial charge in [0.1, 0.15) is 34.9 Å². The van der Waals surface area contributed by atoms with Gasteiger partial charge >= 0.3 is 12.2 Å². The molecule has 19 heteroatoms. The van der Waals surface area contributed by atoms with Gasteiger partial charge in [0, 0.05) is 37.6 Å². The summed E-state index contributed by atoms with van der Waals surface area (Å²) in [4.78, 5) is 84.6. The van der Waals surface area contributed by atoms with Gasteiger partial charge in [0.2, 0.25) is 17.2 Å².